The number of nitrogen functional groups attached to an aromatic ring is 1. The van der Waals surface area contributed by atoms with Crippen LogP contribution in [0.5, 0.6) is 0 Å². The molecule has 3 nitrogen and oxygen atoms in total. The van der Waals surface area contributed by atoms with Gasteiger partial charge in [0.05, 0.1) is 0 Å². The molecule has 3 heteroatoms. The zero-order valence-electron chi connectivity index (χ0n) is 10.1. The summed E-state index contributed by atoms with van der Waals surface area (Å²) in [6, 6.07) is 4.51. The molecule has 0 radical (unpaired) electrons. The van der Waals surface area contributed by atoms with E-state index in [0.29, 0.717) is 17.8 Å². The normalized spacial score (nSPS) is 13.5. The van der Waals surface area contributed by atoms with Gasteiger partial charge in [0.15, 0.2) is 0 Å². The molecule has 1 unspecified atom stereocenters. The fourth-order valence-corrected chi connectivity index (χ4v) is 1.51. The van der Waals surface area contributed by atoms with Gasteiger partial charge in [0.25, 0.3) is 0 Å². The van der Waals surface area contributed by atoms with Gasteiger partial charge in [-0.2, -0.15) is 0 Å². The van der Waals surface area contributed by atoms with Gasteiger partial charge >= 0.3 is 0 Å². The van der Waals surface area contributed by atoms with Crippen LogP contribution in [0.4, 0.5) is 5.82 Å². The van der Waals surface area contributed by atoms with Gasteiger partial charge in [-0.1, -0.05) is 19.9 Å². The number of anilines is 1. The van der Waals surface area contributed by atoms with Crippen LogP contribution < -0.4 is 5.73 Å². The third kappa shape index (κ3) is 3.20. The highest BCUT2D eigenvalue weighted by Crippen LogP contribution is 2.14. The summed E-state index contributed by atoms with van der Waals surface area (Å²) in [5.41, 5.74) is 6.91. The van der Waals surface area contributed by atoms with Gasteiger partial charge in [-0.3, -0.25) is 4.90 Å². The number of nitrogens with zero attached hydrogens (tertiary/aromatic N) is 2. The summed E-state index contributed by atoms with van der Waals surface area (Å²) in [4.78, 5) is 6.39. The van der Waals surface area contributed by atoms with Crippen molar-refractivity contribution in [1.29, 1.82) is 0 Å². The van der Waals surface area contributed by atoms with Crippen LogP contribution in [0.3, 0.4) is 0 Å². The maximum atomic E-state index is 5.81. The average molecular weight is 207 g/mol. The number of pyridine rings is 1. The van der Waals surface area contributed by atoms with E-state index in [1.54, 1.807) is 6.20 Å². The molecule has 0 amide bonds. The lowest BCUT2D eigenvalue weighted by Gasteiger charge is -2.28. The molecule has 0 saturated carbocycles. The van der Waals surface area contributed by atoms with Crippen LogP contribution >= 0.6 is 0 Å². The van der Waals surface area contributed by atoms with Gasteiger partial charge < -0.3 is 5.73 Å². The smallest absolute Gasteiger partial charge is 0.127 e. The van der Waals surface area contributed by atoms with Crippen molar-refractivity contribution < 1.29 is 0 Å². The summed E-state index contributed by atoms with van der Waals surface area (Å²) in [7, 11) is 2.12. The van der Waals surface area contributed by atoms with Gasteiger partial charge in [-0.05, 0) is 26.0 Å². The van der Waals surface area contributed by atoms with Crippen molar-refractivity contribution in [2.75, 3.05) is 12.8 Å². The first-order valence-corrected chi connectivity index (χ1v) is 5.42. The summed E-state index contributed by atoms with van der Waals surface area (Å²) < 4.78 is 0. The van der Waals surface area contributed by atoms with Gasteiger partial charge in [-0.25, -0.2) is 4.98 Å². The van der Waals surface area contributed by atoms with Crippen molar-refractivity contribution in [3.05, 3.63) is 23.9 Å². The third-order valence-electron chi connectivity index (χ3n) is 3.01. The second kappa shape index (κ2) is 5.12. The Bertz CT molecular complexity index is 309. The maximum absolute atomic E-state index is 5.81. The molecule has 1 aromatic rings. The standard InChI is InChI=1S/C12H21N3/c1-9(2)10(3)15(4)8-11-6-5-7-14-12(11)13/h5-7,9-10H,8H2,1-4H3,(H2,13,14). The van der Waals surface area contributed by atoms with E-state index in [9.17, 15) is 0 Å². The second-order valence-corrected chi connectivity index (χ2v) is 4.45. The van der Waals surface area contributed by atoms with Crippen molar-refractivity contribution in [2.45, 2.75) is 33.4 Å². The van der Waals surface area contributed by atoms with Crippen LogP contribution in [0.15, 0.2) is 18.3 Å². The van der Waals surface area contributed by atoms with Crippen molar-refractivity contribution >= 4 is 5.82 Å². The van der Waals surface area contributed by atoms with E-state index in [2.05, 4.69) is 37.7 Å². The number of aromatic nitrogens is 1. The fraction of sp³-hybridized carbons (Fsp3) is 0.583. The van der Waals surface area contributed by atoms with Crippen LogP contribution in [0.25, 0.3) is 0 Å². The van der Waals surface area contributed by atoms with Crippen molar-refractivity contribution in [3.63, 3.8) is 0 Å². The molecule has 15 heavy (non-hydrogen) atoms. The van der Waals surface area contributed by atoms with Gasteiger partial charge in [0.2, 0.25) is 0 Å². The molecule has 0 saturated heterocycles. The monoisotopic (exact) mass is 207 g/mol. The number of rotatable bonds is 4. The highest BCUT2D eigenvalue weighted by Gasteiger charge is 2.14. The van der Waals surface area contributed by atoms with Gasteiger partial charge in [0, 0.05) is 24.3 Å². The summed E-state index contributed by atoms with van der Waals surface area (Å²) in [5, 5.41) is 0. The van der Waals surface area contributed by atoms with E-state index < -0.39 is 0 Å². The number of hydrogen-bond acceptors (Lipinski definition) is 3. The van der Waals surface area contributed by atoms with E-state index in [-0.39, 0.29) is 0 Å². The summed E-state index contributed by atoms with van der Waals surface area (Å²) in [5.74, 6) is 1.29. The van der Waals surface area contributed by atoms with Crippen LogP contribution in [0.2, 0.25) is 0 Å². The third-order valence-corrected chi connectivity index (χ3v) is 3.01. The molecule has 0 bridgehead atoms. The Balaban J connectivity index is 2.66. The Morgan fingerprint density at radius 2 is 2.07 bits per heavy atom. The molecule has 1 rings (SSSR count). The summed E-state index contributed by atoms with van der Waals surface area (Å²) in [6.07, 6.45) is 1.73. The lowest BCUT2D eigenvalue weighted by molar-refractivity contribution is 0.200. The van der Waals surface area contributed by atoms with E-state index in [1.165, 1.54) is 0 Å². The minimum atomic E-state index is 0.546. The largest absolute Gasteiger partial charge is 0.383 e. The lowest BCUT2D eigenvalue weighted by atomic mass is 10.0. The zero-order valence-corrected chi connectivity index (χ0v) is 10.1. The Morgan fingerprint density at radius 1 is 1.40 bits per heavy atom. The topological polar surface area (TPSA) is 42.2 Å². The molecule has 0 fully saturated rings. The van der Waals surface area contributed by atoms with E-state index in [1.807, 2.05) is 12.1 Å². The quantitative estimate of drug-likeness (QED) is 0.822. The molecule has 84 valence electrons. The predicted molar refractivity (Wildman–Crippen MR) is 64.4 cm³/mol. The van der Waals surface area contributed by atoms with Gasteiger partial charge in [0.1, 0.15) is 5.82 Å². The SMILES string of the molecule is CC(C)C(C)N(C)Cc1cccnc1N. The van der Waals surface area contributed by atoms with E-state index in [4.69, 9.17) is 5.73 Å². The lowest BCUT2D eigenvalue weighted by Crippen LogP contribution is -2.32. The van der Waals surface area contributed by atoms with Crippen LogP contribution in [-0.2, 0) is 6.54 Å². The molecule has 1 atom stereocenters. The predicted octanol–water partition coefficient (Wildman–Crippen LogP) is 2.14. The first-order chi connectivity index (χ1) is 7.02. The summed E-state index contributed by atoms with van der Waals surface area (Å²) in [6.45, 7) is 7.55. The Kier molecular flexibility index (Phi) is 4.09. The molecule has 0 aliphatic carbocycles. The number of hydrogen-bond donors (Lipinski definition) is 1. The first-order valence-electron chi connectivity index (χ1n) is 5.42. The molecule has 0 aromatic carbocycles. The minimum Gasteiger partial charge on any atom is -0.383 e. The molecular formula is C12H21N3. The minimum absolute atomic E-state index is 0.546. The van der Waals surface area contributed by atoms with Gasteiger partial charge in [-0.15, -0.1) is 0 Å². The molecular weight excluding hydrogens is 186 g/mol. The Morgan fingerprint density at radius 3 is 2.60 bits per heavy atom. The molecule has 1 aromatic heterocycles. The van der Waals surface area contributed by atoms with E-state index >= 15 is 0 Å². The molecule has 0 spiro atoms. The Labute approximate surface area is 92.3 Å². The molecule has 2 N–H and O–H groups in total. The molecule has 0 aliphatic heterocycles. The molecule has 0 aliphatic rings. The second-order valence-electron chi connectivity index (χ2n) is 4.45. The molecule has 1 heterocycles. The van der Waals surface area contributed by atoms with Crippen molar-refractivity contribution in [3.8, 4) is 0 Å². The zero-order chi connectivity index (χ0) is 11.4. The summed E-state index contributed by atoms with van der Waals surface area (Å²) >= 11 is 0. The van der Waals surface area contributed by atoms with Crippen molar-refractivity contribution in [2.24, 2.45) is 5.92 Å². The highest BCUT2D eigenvalue weighted by atomic mass is 15.1. The maximum Gasteiger partial charge on any atom is 0.127 e. The van der Waals surface area contributed by atoms with Crippen LogP contribution in [0.1, 0.15) is 26.3 Å². The van der Waals surface area contributed by atoms with Crippen LogP contribution in [-0.4, -0.2) is 23.0 Å². The van der Waals surface area contributed by atoms with E-state index in [0.717, 1.165) is 12.1 Å². The first kappa shape index (κ1) is 12.0. The highest BCUT2D eigenvalue weighted by molar-refractivity contribution is 5.38. The fourth-order valence-electron chi connectivity index (χ4n) is 1.51. The van der Waals surface area contributed by atoms with Crippen molar-refractivity contribution in [1.82, 2.24) is 9.88 Å². The Hall–Kier alpha value is -1.09. The number of nitrogens with two attached hydrogens (primary N) is 1. The average Bonchev–Trinajstić information content (AvgIpc) is 2.20. The van der Waals surface area contributed by atoms with Crippen LogP contribution in [0, 0.1) is 5.92 Å².